The number of anilines is 2. The summed E-state index contributed by atoms with van der Waals surface area (Å²) in [4.78, 5) is 14.3. The van der Waals surface area contributed by atoms with Crippen LogP contribution in [0.3, 0.4) is 0 Å². The van der Waals surface area contributed by atoms with Crippen LogP contribution >= 0.6 is 0 Å². The van der Waals surface area contributed by atoms with E-state index >= 15 is 0 Å². The minimum atomic E-state index is -3.83. The van der Waals surface area contributed by atoms with Gasteiger partial charge >= 0.3 is 0 Å². The molecule has 0 saturated carbocycles. The van der Waals surface area contributed by atoms with Crippen molar-refractivity contribution in [2.45, 2.75) is 4.90 Å². The van der Waals surface area contributed by atoms with E-state index in [0.29, 0.717) is 32.0 Å². The zero-order valence-electron chi connectivity index (χ0n) is 16.1. The Morgan fingerprint density at radius 3 is 2.52 bits per heavy atom. The van der Waals surface area contributed by atoms with Crippen LogP contribution in [-0.2, 0) is 14.8 Å². The normalized spacial score (nSPS) is 14.5. The average Bonchev–Trinajstić information content (AvgIpc) is 2.74. The molecule has 0 aliphatic carbocycles. The zero-order valence-corrected chi connectivity index (χ0v) is 16.9. The van der Waals surface area contributed by atoms with E-state index in [4.69, 9.17) is 9.47 Å². The van der Waals surface area contributed by atoms with E-state index in [0.717, 1.165) is 0 Å². The number of amides is 1. The van der Waals surface area contributed by atoms with Crippen LogP contribution in [0, 0.1) is 5.82 Å². The molecule has 2 N–H and O–H groups in total. The number of morpholine rings is 1. The first-order valence-corrected chi connectivity index (χ1v) is 10.4. The lowest BCUT2D eigenvalue weighted by atomic mass is 10.2. The number of methoxy groups -OCH3 is 1. The Kier molecular flexibility index (Phi) is 6.36. The number of halogens is 1. The number of carbonyl (C=O) groups excluding carboxylic acids is 1. The number of hydrogen-bond donors (Lipinski definition) is 2. The van der Waals surface area contributed by atoms with Crippen molar-refractivity contribution in [2.24, 2.45) is 0 Å². The molecule has 0 atom stereocenters. The van der Waals surface area contributed by atoms with Gasteiger partial charge in [0.25, 0.3) is 5.91 Å². The van der Waals surface area contributed by atoms with Crippen LogP contribution < -0.4 is 19.7 Å². The second kappa shape index (κ2) is 8.76. The third-order valence-corrected chi connectivity index (χ3v) is 5.98. The molecule has 1 amide bonds. The lowest BCUT2D eigenvalue weighted by molar-refractivity contribution is 0.102. The van der Waals surface area contributed by atoms with Crippen LogP contribution in [0.15, 0.2) is 41.3 Å². The van der Waals surface area contributed by atoms with Gasteiger partial charge in [-0.05, 0) is 43.4 Å². The number of ether oxygens (including phenoxy) is 2. The van der Waals surface area contributed by atoms with Crippen molar-refractivity contribution in [3.8, 4) is 5.75 Å². The standard InChI is InChI=1S/C19H22FN3O5S/c1-21-29(25,26)18-11-13(3-6-17(18)27-2)19(24)22-14-4-5-16(15(20)12-14)23-7-9-28-10-8-23/h3-6,11-12,21H,7-10H2,1-2H3,(H,22,24). The highest BCUT2D eigenvalue weighted by atomic mass is 32.2. The van der Waals surface area contributed by atoms with Gasteiger partial charge in [0, 0.05) is 24.3 Å². The van der Waals surface area contributed by atoms with Gasteiger partial charge in [0.15, 0.2) is 0 Å². The summed E-state index contributed by atoms with van der Waals surface area (Å²) in [5.41, 5.74) is 0.800. The average molecular weight is 423 g/mol. The Morgan fingerprint density at radius 2 is 1.90 bits per heavy atom. The van der Waals surface area contributed by atoms with E-state index in [1.54, 1.807) is 12.1 Å². The number of nitrogens with zero attached hydrogens (tertiary/aromatic N) is 1. The Hall–Kier alpha value is -2.69. The third-order valence-electron chi connectivity index (χ3n) is 4.54. The van der Waals surface area contributed by atoms with Gasteiger partial charge in [-0.25, -0.2) is 17.5 Å². The van der Waals surface area contributed by atoms with Crippen molar-refractivity contribution in [1.29, 1.82) is 0 Å². The molecule has 1 saturated heterocycles. The largest absolute Gasteiger partial charge is 0.495 e. The van der Waals surface area contributed by atoms with Crippen LogP contribution in [0.1, 0.15) is 10.4 Å². The summed E-state index contributed by atoms with van der Waals surface area (Å²) in [5.74, 6) is -0.923. The fourth-order valence-corrected chi connectivity index (χ4v) is 3.90. The van der Waals surface area contributed by atoms with Crippen molar-refractivity contribution in [3.63, 3.8) is 0 Å². The van der Waals surface area contributed by atoms with E-state index in [9.17, 15) is 17.6 Å². The molecule has 0 radical (unpaired) electrons. The first kappa shape index (κ1) is 21.0. The minimum Gasteiger partial charge on any atom is -0.495 e. The molecular formula is C19H22FN3O5S. The summed E-state index contributed by atoms with van der Waals surface area (Å²) in [6, 6.07) is 8.46. The Bertz CT molecular complexity index is 1010. The molecule has 0 bridgehead atoms. The van der Waals surface area contributed by atoms with Crippen LogP contribution in [0.4, 0.5) is 15.8 Å². The molecule has 8 nitrogen and oxygen atoms in total. The topological polar surface area (TPSA) is 97.0 Å². The van der Waals surface area contributed by atoms with Gasteiger partial charge in [-0.2, -0.15) is 0 Å². The predicted molar refractivity (Wildman–Crippen MR) is 107 cm³/mol. The Balaban J connectivity index is 1.81. The highest BCUT2D eigenvalue weighted by Gasteiger charge is 2.21. The number of hydrogen-bond acceptors (Lipinski definition) is 6. The van der Waals surface area contributed by atoms with E-state index in [2.05, 4.69) is 10.0 Å². The number of sulfonamides is 1. The number of carbonyl (C=O) groups is 1. The summed E-state index contributed by atoms with van der Waals surface area (Å²) in [5, 5.41) is 2.59. The van der Waals surface area contributed by atoms with Gasteiger partial charge in [-0.1, -0.05) is 0 Å². The van der Waals surface area contributed by atoms with Crippen molar-refractivity contribution in [2.75, 3.05) is 50.7 Å². The molecule has 29 heavy (non-hydrogen) atoms. The molecule has 2 aromatic carbocycles. The fraction of sp³-hybridized carbons (Fsp3) is 0.316. The van der Waals surface area contributed by atoms with Gasteiger partial charge in [0.1, 0.15) is 16.5 Å². The predicted octanol–water partition coefficient (Wildman–Crippen LogP) is 1.83. The molecule has 2 aromatic rings. The van der Waals surface area contributed by atoms with Crippen LogP contribution in [-0.4, -0.2) is 54.8 Å². The monoisotopic (exact) mass is 423 g/mol. The van der Waals surface area contributed by atoms with Crippen molar-refractivity contribution in [1.82, 2.24) is 4.72 Å². The number of nitrogens with one attached hydrogen (secondary N) is 2. The molecular weight excluding hydrogens is 401 g/mol. The van der Waals surface area contributed by atoms with Crippen LogP contribution in [0.2, 0.25) is 0 Å². The highest BCUT2D eigenvalue weighted by Crippen LogP contribution is 2.26. The van der Waals surface area contributed by atoms with Gasteiger partial charge in [-0.3, -0.25) is 4.79 Å². The van der Waals surface area contributed by atoms with Crippen molar-refractivity contribution < 1.29 is 27.1 Å². The lowest BCUT2D eigenvalue weighted by Gasteiger charge is -2.29. The first-order valence-electron chi connectivity index (χ1n) is 8.91. The van der Waals surface area contributed by atoms with E-state index in [1.165, 1.54) is 38.4 Å². The lowest BCUT2D eigenvalue weighted by Crippen LogP contribution is -2.36. The summed E-state index contributed by atoms with van der Waals surface area (Å²) in [6.45, 7) is 2.26. The zero-order chi connectivity index (χ0) is 21.0. The first-order chi connectivity index (χ1) is 13.9. The number of benzene rings is 2. The van der Waals surface area contributed by atoms with Gasteiger partial charge in [-0.15, -0.1) is 0 Å². The SMILES string of the molecule is CNS(=O)(=O)c1cc(C(=O)Nc2ccc(N3CCOCC3)c(F)c2)ccc1OC. The molecule has 1 aliphatic heterocycles. The van der Waals surface area contributed by atoms with E-state index < -0.39 is 21.7 Å². The van der Waals surface area contributed by atoms with E-state index in [-0.39, 0.29) is 21.9 Å². The van der Waals surface area contributed by atoms with Crippen molar-refractivity contribution >= 4 is 27.3 Å². The van der Waals surface area contributed by atoms with Crippen LogP contribution in [0.25, 0.3) is 0 Å². The molecule has 1 aliphatic rings. The maximum atomic E-state index is 14.5. The fourth-order valence-electron chi connectivity index (χ4n) is 2.99. The molecule has 1 fully saturated rings. The van der Waals surface area contributed by atoms with Crippen molar-refractivity contribution in [3.05, 3.63) is 47.8 Å². The second-order valence-corrected chi connectivity index (χ2v) is 8.15. The third kappa shape index (κ3) is 4.66. The van der Waals surface area contributed by atoms with Gasteiger partial charge in [0.2, 0.25) is 10.0 Å². The van der Waals surface area contributed by atoms with Gasteiger partial charge < -0.3 is 19.7 Å². The second-order valence-electron chi connectivity index (χ2n) is 6.29. The molecule has 0 aromatic heterocycles. The maximum absolute atomic E-state index is 14.5. The Morgan fingerprint density at radius 1 is 1.17 bits per heavy atom. The Labute approximate surface area is 168 Å². The summed E-state index contributed by atoms with van der Waals surface area (Å²) in [7, 11) is -1.23. The maximum Gasteiger partial charge on any atom is 0.255 e. The molecule has 156 valence electrons. The number of rotatable bonds is 6. The summed E-state index contributed by atoms with van der Waals surface area (Å²) >= 11 is 0. The smallest absolute Gasteiger partial charge is 0.255 e. The molecule has 10 heteroatoms. The van der Waals surface area contributed by atoms with Crippen LogP contribution in [0.5, 0.6) is 5.75 Å². The van der Waals surface area contributed by atoms with Gasteiger partial charge in [0.05, 0.1) is 26.0 Å². The molecule has 0 spiro atoms. The summed E-state index contributed by atoms with van der Waals surface area (Å²) in [6.07, 6.45) is 0. The molecule has 0 unspecified atom stereocenters. The summed E-state index contributed by atoms with van der Waals surface area (Å²) < 4.78 is 51.4. The molecule has 3 rings (SSSR count). The molecule has 1 heterocycles. The minimum absolute atomic E-state index is 0.0947. The van der Waals surface area contributed by atoms with E-state index in [1.807, 2.05) is 4.90 Å². The quantitative estimate of drug-likeness (QED) is 0.736. The highest BCUT2D eigenvalue weighted by molar-refractivity contribution is 7.89.